The van der Waals surface area contributed by atoms with Crippen LogP contribution in [0.3, 0.4) is 0 Å². The molecular weight excluding hydrogens is 430 g/mol. The number of carbonyl (C=O) groups is 2. The Morgan fingerprint density at radius 3 is 2.48 bits per heavy atom. The SMILES string of the molecule is COc1ccc(/C=C/C(=O)NC(C)C(=O)Nc2nc(-c3ccc(SC)cc3)cs2)cc1. The molecule has 0 bridgehead atoms. The summed E-state index contributed by atoms with van der Waals surface area (Å²) in [5.41, 5.74) is 2.64. The number of thiazole rings is 1. The number of amides is 2. The van der Waals surface area contributed by atoms with Crippen LogP contribution in [0.4, 0.5) is 5.13 Å². The Morgan fingerprint density at radius 1 is 1.13 bits per heavy atom. The van der Waals surface area contributed by atoms with Gasteiger partial charge in [-0.25, -0.2) is 4.98 Å². The van der Waals surface area contributed by atoms with E-state index < -0.39 is 6.04 Å². The number of hydrogen-bond donors (Lipinski definition) is 2. The summed E-state index contributed by atoms with van der Waals surface area (Å²) in [5.74, 6) is 0.0613. The largest absolute Gasteiger partial charge is 0.497 e. The summed E-state index contributed by atoms with van der Waals surface area (Å²) in [7, 11) is 1.60. The number of nitrogens with zero attached hydrogens (tertiary/aromatic N) is 1. The second kappa shape index (κ2) is 10.8. The van der Waals surface area contributed by atoms with E-state index in [1.54, 1.807) is 31.9 Å². The molecule has 31 heavy (non-hydrogen) atoms. The van der Waals surface area contributed by atoms with E-state index in [1.165, 1.54) is 22.3 Å². The molecular formula is C23H23N3O3S2. The number of rotatable bonds is 8. The molecule has 1 unspecified atom stereocenters. The minimum atomic E-state index is -0.707. The van der Waals surface area contributed by atoms with Crippen LogP contribution in [0.15, 0.2) is 64.9 Å². The molecule has 0 aliphatic rings. The third-order valence-corrected chi connectivity index (χ3v) is 5.92. The maximum Gasteiger partial charge on any atom is 0.248 e. The molecule has 6 nitrogen and oxygen atoms in total. The lowest BCUT2D eigenvalue weighted by molar-refractivity contribution is -0.123. The van der Waals surface area contributed by atoms with E-state index in [9.17, 15) is 9.59 Å². The van der Waals surface area contributed by atoms with E-state index >= 15 is 0 Å². The van der Waals surface area contributed by atoms with Crippen LogP contribution < -0.4 is 15.4 Å². The van der Waals surface area contributed by atoms with Crippen molar-refractivity contribution in [2.24, 2.45) is 0 Å². The predicted octanol–water partition coefficient (Wildman–Crippen LogP) is 4.70. The maximum absolute atomic E-state index is 12.4. The molecule has 0 radical (unpaired) electrons. The van der Waals surface area contributed by atoms with Crippen LogP contribution in [-0.2, 0) is 9.59 Å². The third-order valence-electron chi connectivity index (χ3n) is 4.42. The molecule has 0 aliphatic heterocycles. The fraction of sp³-hybridized carbons (Fsp3) is 0.174. The Hall–Kier alpha value is -3.10. The molecule has 0 aliphatic carbocycles. The lowest BCUT2D eigenvalue weighted by Gasteiger charge is -2.11. The van der Waals surface area contributed by atoms with Crippen LogP contribution in [0.5, 0.6) is 5.75 Å². The van der Waals surface area contributed by atoms with Gasteiger partial charge in [0.15, 0.2) is 5.13 Å². The number of ether oxygens (including phenoxy) is 1. The maximum atomic E-state index is 12.4. The first-order valence-electron chi connectivity index (χ1n) is 9.52. The van der Waals surface area contributed by atoms with Crippen molar-refractivity contribution < 1.29 is 14.3 Å². The minimum absolute atomic E-state index is 0.329. The number of hydrogen-bond acceptors (Lipinski definition) is 6. The minimum Gasteiger partial charge on any atom is -0.497 e. The number of nitrogens with one attached hydrogen (secondary N) is 2. The van der Waals surface area contributed by atoms with Crippen LogP contribution >= 0.6 is 23.1 Å². The Morgan fingerprint density at radius 2 is 1.84 bits per heavy atom. The monoisotopic (exact) mass is 453 g/mol. The standard InChI is InChI=1S/C23H23N3O3S2/c1-15(24-21(27)13-6-16-4-9-18(29-2)10-5-16)22(28)26-23-25-20(14-31-23)17-7-11-19(30-3)12-8-17/h4-15H,1-3H3,(H,24,27)(H,25,26,28)/b13-6+. The summed E-state index contributed by atoms with van der Waals surface area (Å²) in [6.07, 6.45) is 5.10. The highest BCUT2D eigenvalue weighted by atomic mass is 32.2. The summed E-state index contributed by atoms with van der Waals surface area (Å²) >= 11 is 3.02. The zero-order chi connectivity index (χ0) is 22.2. The van der Waals surface area contributed by atoms with Crippen LogP contribution in [0.2, 0.25) is 0 Å². The quantitative estimate of drug-likeness (QED) is 0.382. The Kier molecular flexibility index (Phi) is 7.86. The van der Waals surface area contributed by atoms with Crippen molar-refractivity contribution >= 4 is 46.1 Å². The van der Waals surface area contributed by atoms with Gasteiger partial charge in [0.2, 0.25) is 11.8 Å². The van der Waals surface area contributed by atoms with Gasteiger partial charge in [0.05, 0.1) is 12.8 Å². The van der Waals surface area contributed by atoms with Gasteiger partial charge in [0, 0.05) is 21.9 Å². The molecule has 0 saturated heterocycles. The van der Waals surface area contributed by atoms with Gasteiger partial charge >= 0.3 is 0 Å². The van der Waals surface area contributed by atoms with Gasteiger partial charge in [-0.2, -0.15) is 0 Å². The van der Waals surface area contributed by atoms with E-state index in [0.29, 0.717) is 5.13 Å². The van der Waals surface area contributed by atoms with Crippen LogP contribution in [0, 0.1) is 0 Å². The molecule has 2 aromatic carbocycles. The van der Waals surface area contributed by atoms with Gasteiger partial charge in [-0.05, 0) is 49.1 Å². The number of benzene rings is 2. The molecule has 3 aromatic rings. The molecule has 3 rings (SSSR count). The molecule has 0 saturated carbocycles. The van der Waals surface area contributed by atoms with Crippen molar-refractivity contribution in [2.75, 3.05) is 18.7 Å². The van der Waals surface area contributed by atoms with Crippen LogP contribution in [0.25, 0.3) is 17.3 Å². The van der Waals surface area contributed by atoms with Gasteiger partial charge in [-0.1, -0.05) is 24.3 Å². The average Bonchev–Trinajstić information content (AvgIpc) is 3.26. The van der Waals surface area contributed by atoms with Gasteiger partial charge in [0.1, 0.15) is 11.8 Å². The van der Waals surface area contributed by atoms with Crippen molar-refractivity contribution in [1.82, 2.24) is 10.3 Å². The zero-order valence-electron chi connectivity index (χ0n) is 17.4. The zero-order valence-corrected chi connectivity index (χ0v) is 19.0. The molecule has 1 heterocycles. The van der Waals surface area contributed by atoms with Gasteiger partial charge in [-0.15, -0.1) is 23.1 Å². The molecule has 2 N–H and O–H groups in total. The van der Waals surface area contributed by atoms with Crippen molar-refractivity contribution in [3.8, 4) is 17.0 Å². The summed E-state index contributed by atoms with van der Waals surface area (Å²) in [6, 6.07) is 14.7. The second-order valence-electron chi connectivity index (χ2n) is 6.59. The smallest absolute Gasteiger partial charge is 0.248 e. The number of anilines is 1. The lowest BCUT2D eigenvalue weighted by Crippen LogP contribution is -2.40. The highest BCUT2D eigenvalue weighted by Gasteiger charge is 2.16. The van der Waals surface area contributed by atoms with Gasteiger partial charge < -0.3 is 15.4 Å². The Bertz CT molecular complexity index is 1060. The van der Waals surface area contributed by atoms with E-state index in [2.05, 4.69) is 15.6 Å². The molecule has 2 amide bonds. The molecule has 1 aromatic heterocycles. The lowest BCUT2D eigenvalue weighted by atomic mass is 10.2. The van der Waals surface area contributed by atoms with E-state index in [-0.39, 0.29) is 11.8 Å². The van der Waals surface area contributed by atoms with Crippen molar-refractivity contribution in [3.63, 3.8) is 0 Å². The number of carbonyl (C=O) groups excluding carboxylic acids is 2. The van der Waals surface area contributed by atoms with Crippen molar-refractivity contribution in [1.29, 1.82) is 0 Å². The highest BCUT2D eigenvalue weighted by molar-refractivity contribution is 7.98. The predicted molar refractivity (Wildman–Crippen MR) is 128 cm³/mol. The second-order valence-corrected chi connectivity index (χ2v) is 8.33. The van der Waals surface area contributed by atoms with E-state index in [0.717, 1.165) is 22.6 Å². The summed E-state index contributed by atoms with van der Waals surface area (Å²) in [4.78, 5) is 30.2. The number of thioether (sulfide) groups is 1. The third kappa shape index (κ3) is 6.44. The van der Waals surface area contributed by atoms with Gasteiger partial charge in [-0.3, -0.25) is 9.59 Å². The topological polar surface area (TPSA) is 80.3 Å². The number of methoxy groups -OCH3 is 1. The normalized spacial score (nSPS) is 11.8. The van der Waals surface area contributed by atoms with Crippen molar-refractivity contribution in [3.05, 3.63) is 65.6 Å². The molecule has 1 atom stereocenters. The number of aromatic nitrogens is 1. The highest BCUT2D eigenvalue weighted by Crippen LogP contribution is 2.26. The molecule has 8 heteroatoms. The fourth-order valence-corrected chi connectivity index (χ4v) is 3.78. The molecule has 0 fully saturated rings. The van der Waals surface area contributed by atoms with Gasteiger partial charge in [0.25, 0.3) is 0 Å². The fourth-order valence-electron chi connectivity index (χ4n) is 2.65. The molecule has 0 spiro atoms. The molecule has 160 valence electrons. The van der Waals surface area contributed by atoms with E-state index in [1.807, 2.05) is 60.2 Å². The van der Waals surface area contributed by atoms with Crippen LogP contribution in [-0.4, -0.2) is 36.2 Å². The first-order valence-corrected chi connectivity index (χ1v) is 11.6. The first-order chi connectivity index (χ1) is 15.0. The summed E-state index contributed by atoms with van der Waals surface area (Å²) in [5, 5.41) is 7.80. The van der Waals surface area contributed by atoms with Crippen LogP contribution in [0.1, 0.15) is 12.5 Å². The average molecular weight is 454 g/mol. The van der Waals surface area contributed by atoms with E-state index in [4.69, 9.17) is 4.74 Å². The Labute approximate surface area is 189 Å². The Balaban J connectivity index is 1.53. The van der Waals surface area contributed by atoms with Crippen molar-refractivity contribution in [2.45, 2.75) is 17.9 Å². The summed E-state index contributed by atoms with van der Waals surface area (Å²) < 4.78 is 5.11. The summed E-state index contributed by atoms with van der Waals surface area (Å²) in [6.45, 7) is 1.63. The first kappa shape index (κ1) is 22.6.